The van der Waals surface area contributed by atoms with Crippen molar-refractivity contribution in [3.05, 3.63) is 59.7 Å². The van der Waals surface area contributed by atoms with E-state index in [1.54, 1.807) is 11.8 Å². The van der Waals surface area contributed by atoms with Crippen molar-refractivity contribution in [2.75, 3.05) is 19.7 Å². The third-order valence-electron chi connectivity index (χ3n) is 6.15. The highest BCUT2D eigenvalue weighted by atomic mass is 16.5. The zero-order valence-electron chi connectivity index (χ0n) is 19.4. The van der Waals surface area contributed by atoms with Crippen molar-refractivity contribution >= 4 is 18.0 Å². The molecule has 1 aliphatic carbocycles. The number of benzene rings is 2. The Labute approximate surface area is 194 Å². The number of rotatable bonds is 10. The van der Waals surface area contributed by atoms with E-state index in [2.05, 4.69) is 29.6 Å². The van der Waals surface area contributed by atoms with Gasteiger partial charge in [-0.05, 0) is 42.5 Å². The summed E-state index contributed by atoms with van der Waals surface area (Å²) in [4.78, 5) is 37.4. The third kappa shape index (κ3) is 5.92. The summed E-state index contributed by atoms with van der Waals surface area (Å²) in [5, 5.41) is 11.9. The lowest BCUT2D eigenvalue weighted by Gasteiger charge is -2.24. The smallest absolute Gasteiger partial charge is 0.407 e. The molecule has 0 fully saturated rings. The molecule has 0 saturated carbocycles. The molecule has 2 aromatic carbocycles. The number of hydrogen-bond donors (Lipinski definition) is 2. The summed E-state index contributed by atoms with van der Waals surface area (Å²) in [7, 11) is 0. The molecule has 1 aliphatic rings. The molecule has 2 aromatic rings. The molecule has 0 aliphatic heterocycles. The zero-order chi connectivity index (χ0) is 24.0. The Bertz CT molecular complexity index is 960. The van der Waals surface area contributed by atoms with Gasteiger partial charge in [0.05, 0.1) is 5.92 Å². The lowest BCUT2D eigenvalue weighted by atomic mass is 9.98. The standard InChI is InChI=1S/C26H32N2O5/c1-4-28(15-17(2)25(30)31)24(29)14-13-18(3)27-26(32)33-16-23-21-11-7-5-9-19(21)20-10-6-8-12-22(20)23/h5-12,17-18,23H,4,13-16H2,1-3H3,(H,27,32)(H,30,31). The van der Waals surface area contributed by atoms with Crippen molar-refractivity contribution in [2.24, 2.45) is 5.92 Å². The summed E-state index contributed by atoms with van der Waals surface area (Å²) < 4.78 is 5.55. The van der Waals surface area contributed by atoms with E-state index in [4.69, 9.17) is 9.84 Å². The van der Waals surface area contributed by atoms with Crippen LogP contribution >= 0.6 is 0 Å². The summed E-state index contributed by atoms with van der Waals surface area (Å²) >= 11 is 0. The highest BCUT2D eigenvalue weighted by Gasteiger charge is 2.29. The molecule has 176 valence electrons. The summed E-state index contributed by atoms with van der Waals surface area (Å²) in [6, 6.07) is 16.1. The lowest BCUT2D eigenvalue weighted by Crippen LogP contribution is -2.38. The van der Waals surface area contributed by atoms with Crippen LogP contribution < -0.4 is 5.32 Å². The maximum atomic E-state index is 12.4. The van der Waals surface area contributed by atoms with E-state index in [1.807, 2.05) is 38.1 Å². The average molecular weight is 453 g/mol. The first-order valence-corrected chi connectivity index (χ1v) is 11.4. The van der Waals surface area contributed by atoms with Crippen LogP contribution in [0, 0.1) is 5.92 Å². The molecule has 3 rings (SSSR count). The number of carboxylic acids is 1. The summed E-state index contributed by atoms with van der Waals surface area (Å²) in [6.45, 7) is 6.10. The van der Waals surface area contributed by atoms with Crippen LogP contribution in [0.3, 0.4) is 0 Å². The topological polar surface area (TPSA) is 95.9 Å². The Kier molecular flexibility index (Phi) is 8.09. The van der Waals surface area contributed by atoms with Gasteiger partial charge in [-0.2, -0.15) is 0 Å². The normalized spacial score (nSPS) is 14.0. The number of ether oxygens (including phenoxy) is 1. The second-order valence-electron chi connectivity index (χ2n) is 8.58. The second-order valence-corrected chi connectivity index (χ2v) is 8.58. The molecule has 2 unspecified atom stereocenters. The van der Waals surface area contributed by atoms with Crippen LogP contribution in [-0.2, 0) is 14.3 Å². The number of fused-ring (bicyclic) bond motifs is 3. The van der Waals surface area contributed by atoms with Crippen LogP contribution in [0.2, 0.25) is 0 Å². The predicted molar refractivity (Wildman–Crippen MR) is 126 cm³/mol. The maximum Gasteiger partial charge on any atom is 0.407 e. The maximum absolute atomic E-state index is 12.4. The van der Waals surface area contributed by atoms with E-state index in [-0.39, 0.29) is 37.4 Å². The van der Waals surface area contributed by atoms with Crippen molar-refractivity contribution in [2.45, 2.75) is 45.6 Å². The fourth-order valence-electron chi connectivity index (χ4n) is 4.23. The van der Waals surface area contributed by atoms with Gasteiger partial charge < -0.3 is 20.1 Å². The first-order chi connectivity index (χ1) is 15.8. The van der Waals surface area contributed by atoms with Crippen molar-refractivity contribution < 1.29 is 24.2 Å². The van der Waals surface area contributed by atoms with Crippen LogP contribution in [0.15, 0.2) is 48.5 Å². The molecule has 7 heteroatoms. The van der Waals surface area contributed by atoms with Crippen molar-refractivity contribution in [1.29, 1.82) is 0 Å². The molecule has 0 saturated heterocycles. The molecule has 33 heavy (non-hydrogen) atoms. The number of carboxylic acid groups (broad SMARTS) is 1. The van der Waals surface area contributed by atoms with Crippen molar-refractivity contribution in [3.8, 4) is 11.1 Å². The Hall–Kier alpha value is -3.35. The number of nitrogens with one attached hydrogen (secondary N) is 1. The number of nitrogens with zero attached hydrogens (tertiary/aromatic N) is 1. The van der Waals surface area contributed by atoms with Gasteiger partial charge in [-0.15, -0.1) is 0 Å². The van der Waals surface area contributed by atoms with Gasteiger partial charge in [0.15, 0.2) is 0 Å². The quantitative estimate of drug-likeness (QED) is 0.561. The molecule has 2 N–H and O–H groups in total. The van der Waals surface area contributed by atoms with Crippen LogP contribution in [0.5, 0.6) is 0 Å². The van der Waals surface area contributed by atoms with Gasteiger partial charge in [-0.1, -0.05) is 55.5 Å². The molecule has 0 spiro atoms. The van der Waals surface area contributed by atoms with E-state index in [0.717, 1.165) is 11.1 Å². The Morgan fingerprint density at radius 1 is 1.03 bits per heavy atom. The van der Waals surface area contributed by atoms with Gasteiger partial charge in [-0.3, -0.25) is 9.59 Å². The monoisotopic (exact) mass is 452 g/mol. The van der Waals surface area contributed by atoms with Crippen LogP contribution in [0.25, 0.3) is 11.1 Å². The minimum Gasteiger partial charge on any atom is -0.481 e. The third-order valence-corrected chi connectivity index (χ3v) is 6.15. The van der Waals surface area contributed by atoms with Crippen molar-refractivity contribution in [1.82, 2.24) is 10.2 Å². The minimum atomic E-state index is -0.925. The predicted octanol–water partition coefficient (Wildman–Crippen LogP) is 4.26. The van der Waals surface area contributed by atoms with Crippen molar-refractivity contribution in [3.63, 3.8) is 0 Å². The summed E-state index contributed by atoms with van der Waals surface area (Å²) in [5.74, 6) is -1.67. The lowest BCUT2D eigenvalue weighted by molar-refractivity contribution is -0.143. The van der Waals surface area contributed by atoms with Crippen LogP contribution in [-0.4, -0.2) is 53.7 Å². The largest absolute Gasteiger partial charge is 0.481 e. The molecule has 0 bridgehead atoms. The number of carbonyl (C=O) groups is 3. The number of aliphatic carboxylic acids is 1. The molecule has 2 amide bonds. The Morgan fingerprint density at radius 2 is 1.61 bits per heavy atom. The Balaban J connectivity index is 1.48. The molecule has 0 heterocycles. The van der Waals surface area contributed by atoms with Crippen LogP contribution in [0.4, 0.5) is 4.79 Å². The van der Waals surface area contributed by atoms with Gasteiger partial charge in [0.1, 0.15) is 6.61 Å². The van der Waals surface area contributed by atoms with E-state index in [9.17, 15) is 14.4 Å². The molecule has 2 atom stereocenters. The number of amides is 2. The van der Waals surface area contributed by atoms with Gasteiger partial charge in [0.25, 0.3) is 0 Å². The first kappa shape index (κ1) is 24.3. The highest BCUT2D eigenvalue weighted by Crippen LogP contribution is 2.44. The number of hydrogen-bond acceptors (Lipinski definition) is 4. The van der Waals surface area contributed by atoms with Crippen LogP contribution in [0.1, 0.15) is 50.7 Å². The van der Waals surface area contributed by atoms with Gasteiger partial charge in [-0.25, -0.2) is 4.79 Å². The molecule has 0 aromatic heterocycles. The van der Waals surface area contributed by atoms with E-state index in [1.165, 1.54) is 11.1 Å². The Morgan fingerprint density at radius 3 is 2.15 bits per heavy atom. The number of carbonyl (C=O) groups excluding carboxylic acids is 2. The highest BCUT2D eigenvalue weighted by molar-refractivity contribution is 5.79. The second kappa shape index (κ2) is 11.0. The van der Waals surface area contributed by atoms with Gasteiger partial charge >= 0.3 is 12.1 Å². The molecular formula is C26H32N2O5. The fourth-order valence-corrected chi connectivity index (χ4v) is 4.23. The molecule has 0 radical (unpaired) electrons. The van der Waals surface area contributed by atoms with E-state index >= 15 is 0 Å². The minimum absolute atomic E-state index is 0.00521. The zero-order valence-corrected chi connectivity index (χ0v) is 19.4. The SMILES string of the molecule is CCN(CC(C)C(=O)O)C(=O)CCC(C)NC(=O)OCC1c2ccccc2-c2ccccc21. The van der Waals surface area contributed by atoms with Gasteiger partial charge in [0.2, 0.25) is 5.91 Å². The summed E-state index contributed by atoms with van der Waals surface area (Å²) in [6.07, 6.45) is 0.162. The van der Waals surface area contributed by atoms with E-state index in [0.29, 0.717) is 13.0 Å². The number of alkyl carbamates (subject to hydrolysis) is 1. The van der Waals surface area contributed by atoms with Gasteiger partial charge in [0, 0.05) is 31.5 Å². The molecular weight excluding hydrogens is 420 g/mol. The average Bonchev–Trinajstić information content (AvgIpc) is 3.13. The fraction of sp³-hybridized carbons (Fsp3) is 0.423. The first-order valence-electron chi connectivity index (χ1n) is 11.4. The summed E-state index contributed by atoms with van der Waals surface area (Å²) in [5.41, 5.74) is 4.65. The van der Waals surface area contributed by atoms with E-state index < -0.39 is 18.0 Å². The molecule has 7 nitrogen and oxygen atoms in total.